The normalized spacial score (nSPS) is 12.6. The highest BCUT2D eigenvalue weighted by molar-refractivity contribution is 7.91. The van der Waals surface area contributed by atoms with E-state index in [1.165, 1.54) is 12.1 Å². The number of rotatable bonds is 6. The predicted octanol–water partition coefficient (Wildman–Crippen LogP) is 0.139. The maximum Gasteiger partial charge on any atom is 0.326 e. The first-order valence-electron chi connectivity index (χ1n) is 5.31. The van der Waals surface area contributed by atoms with E-state index in [-0.39, 0.29) is 4.90 Å². The number of sulfone groups is 1. The molecule has 0 aromatic heterocycles. The summed E-state index contributed by atoms with van der Waals surface area (Å²) in [6.07, 6.45) is -0.0112. The lowest BCUT2D eigenvalue weighted by Crippen LogP contribution is -2.11. The van der Waals surface area contributed by atoms with Crippen molar-refractivity contribution < 1.29 is 22.8 Å². The molecule has 0 radical (unpaired) electrons. The van der Waals surface area contributed by atoms with Crippen LogP contribution in [0.15, 0.2) is 29.2 Å². The molecule has 0 atom stereocenters. The zero-order chi connectivity index (χ0) is 13.8. The summed E-state index contributed by atoms with van der Waals surface area (Å²) in [5.41, 5.74) is 6.30. The standard InChI is InChI=1S/C10H16NO5PS/c11-6-5-9-1-3-10(4-2-9)18(15,16)8-7-17(12,13)14/h1-4H,5-8,11H2,(H2,12,13,14). The monoisotopic (exact) mass is 293 g/mol. The van der Waals surface area contributed by atoms with Gasteiger partial charge in [0.1, 0.15) is 0 Å². The zero-order valence-electron chi connectivity index (χ0n) is 9.69. The molecule has 1 aromatic carbocycles. The molecular formula is C10H16NO5PS. The first-order chi connectivity index (χ1) is 8.24. The van der Waals surface area contributed by atoms with Crippen LogP contribution in [0.1, 0.15) is 5.56 Å². The van der Waals surface area contributed by atoms with Crippen molar-refractivity contribution in [1.82, 2.24) is 0 Å². The van der Waals surface area contributed by atoms with Crippen LogP contribution < -0.4 is 5.73 Å². The Balaban J connectivity index is 2.82. The number of hydrogen-bond acceptors (Lipinski definition) is 4. The van der Waals surface area contributed by atoms with E-state index in [0.717, 1.165) is 5.56 Å². The van der Waals surface area contributed by atoms with Gasteiger partial charge in [0.25, 0.3) is 0 Å². The predicted molar refractivity (Wildman–Crippen MR) is 68.2 cm³/mol. The van der Waals surface area contributed by atoms with Gasteiger partial charge in [-0.2, -0.15) is 0 Å². The largest absolute Gasteiger partial charge is 0.330 e. The summed E-state index contributed by atoms with van der Waals surface area (Å²) >= 11 is 0. The Bertz CT molecular complexity index is 534. The third-order valence-corrected chi connectivity index (χ3v) is 5.21. The summed E-state index contributed by atoms with van der Waals surface area (Å²) in [5, 5.41) is 0. The molecule has 102 valence electrons. The van der Waals surface area contributed by atoms with Crippen LogP contribution in [-0.2, 0) is 20.8 Å². The molecular weight excluding hydrogens is 277 g/mol. The Kier molecular flexibility index (Phi) is 5.07. The second-order valence-corrected chi connectivity index (χ2v) is 7.78. The molecule has 0 heterocycles. The summed E-state index contributed by atoms with van der Waals surface area (Å²) in [4.78, 5) is 17.4. The minimum atomic E-state index is -4.30. The van der Waals surface area contributed by atoms with Gasteiger partial charge in [-0.05, 0) is 30.7 Å². The SMILES string of the molecule is NCCc1ccc(S(=O)(=O)CCP(=O)(O)O)cc1. The van der Waals surface area contributed by atoms with Crippen LogP contribution in [0.5, 0.6) is 0 Å². The van der Waals surface area contributed by atoms with Crippen molar-refractivity contribution in [2.24, 2.45) is 5.73 Å². The maximum atomic E-state index is 11.8. The van der Waals surface area contributed by atoms with Gasteiger partial charge < -0.3 is 15.5 Å². The Labute approximate surface area is 106 Å². The Hall–Kier alpha value is -0.720. The van der Waals surface area contributed by atoms with E-state index in [4.69, 9.17) is 15.5 Å². The number of benzene rings is 1. The fourth-order valence-electron chi connectivity index (χ4n) is 1.39. The molecule has 0 amide bonds. The van der Waals surface area contributed by atoms with Gasteiger partial charge in [0.15, 0.2) is 9.84 Å². The molecule has 1 rings (SSSR count). The van der Waals surface area contributed by atoms with Gasteiger partial charge in [0.05, 0.1) is 16.8 Å². The Morgan fingerprint density at radius 3 is 2.17 bits per heavy atom. The zero-order valence-corrected chi connectivity index (χ0v) is 11.4. The average Bonchev–Trinajstić information content (AvgIpc) is 2.27. The van der Waals surface area contributed by atoms with Crippen molar-refractivity contribution in [2.75, 3.05) is 18.5 Å². The second-order valence-electron chi connectivity index (χ2n) is 3.89. The lowest BCUT2D eigenvalue weighted by molar-refractivity contribution is 0.374. The Morgan fingerprint density at radius 1 is 1.17 bits per heavy atom. The van der Waals surface area contributed by atoms with Crippen LogP contribution in [0.3, 0.4) is 0 Å². The molecule has 0 spiro atoms. The first kappa shape index (κ1) is 15.3. The summed E-state index contributed by atoms with van der Waals surface area (Å²) < 4.78 is 34.2. The van der Waals surface area contributed by atoms with E-state index >= 15 is 0 Å². The van der Waals surface area contributed by atoms with Crippen LogP contribution in [0.25, 0.3) is 0 Å². The fourth-order valence-corrected chi connectivity index (χ4v) is 4.09. The molecule has 0 bridgehead atoms. The van der Waals surface area contributed by atoms with Crippen molar-refractivity contribution in [3.63, 3.8) is 0 Å². The van der Waals surface area contributed by atoms with E-state index in [1.807, 2.05) is 0 Å². The van der Waals surface area contributed by atoms with Crippen LogP contribution in [-0.4, -0.2) is 36.7 Å². The summed E-state index contributed by atoms with van der Waals surface area (Å²) in [5.74, 6) is -0.562. The minimum Gasteiger partial charge on any atom is -0.330 e. The smallest absolute Gasteiger partial charge is 0.326 e. The van der Waals surface area contributed by atoms with Crippen LogP contribution in [0.4, 0.5) is 0 Å². The molecule has 18 heavy (non-hydrogen) atoms. The van der Waals surface area contributed by atoms with Crippen molar-refractivity contribution in [1.29, 1.82) is 0 Å². The minimum absolute atomic E-state index is 0.0664. The van der Waals surface area contributed by atoms with E-state index < -0.39 is 29.3 Å². The fraction of sp³-hybridized carbons (Fsp3) is 0.400. The van der Waals surface area contributed by atoms with Crippen LogP contribution in [0, 0.1) is 0 Å². The molecule has 0 saturated heterocycles. The number of hydrogen-bond donors (Lipinski definition) is 3. The molecule has 6 nitrogen and oxygen atoms in total. The van der Waals surface area contributed by atoms with Gasteiger partial charge in [-0.25, -0.2) is 8.42 Å². The third kappa shape index (κ3) is 4.88. The Morgan fingerprint density at radius 2 is 1.72 bits per heavy atom. The molecule has 8 heteroatoms. The van der Waals surface area contributed by atoms with Gasteiger partial charge in [0, 0.05) is 0 Å². The highest BCUT2D eigenvalue weighted by Crippen LogP contribution is 2.34. The second kappa shape index (κ2) is 5.95. The molecule has 0 aliphatic heterocycles. The van der Waals surface area contributed by atoms with Gasteiger partial charge in [-0.1, -0.05) is 12.1 Å². The summed E-state index contributed by atoms with van der Waals surface area (Å²) in [7, 11) is -7.95. The lowest BCUT2D eigenvalue weighted by atomic mass is 10.2. The highest BCUT2D eigenvalue weighted by Gasteiger charge is 2.21. The molecule has 0 aliphatic carbocycles. The molecule has 1 aromatic rings. The van der Waals surface area contributed by atoms with E-state index in [1.54, 1.807) is 12.1 Å². The van der Waals surface area contributed by atoms with Crippen LogP contribution >= 0.6 is 7.60 Å². The van der Waals surface area contributed by atoms with E-state index in [0.29, 0.717) is 13.0 Å². The molecule has 0 fully saturated rings. The third-order valence-electron chi connectivity index (χ3n) is 2.37. The number of nitrogens with two attached hydrogens (primary N) is 1. The summed E-state index contributed by atoms with van der Waals surface area (Å²) in [6, 6.07) is 6.16. The first-order valence-corrected chi connectivity index (χ1v) is 8.76. The van der Waals surface area contributed by atoms with E-state index in [9.17, 15) is 13.0 Å². The highest BCUT2D eigenvalue weighted by atomic mass is 32.2. The molecule has 0 unspecified atom stereocenters. The van der Waals surface area contributed by atoms with E-state index in [2.05, 4.69) is 0 Å². The topological polar surface area (TPSA) is 118 Å². The molecule has 4 N–H and O–H groups in total. The average molecular weight is 293 g/mol. The summed E-state index contributed by atoms with van der Waals surface area (Å²) in [6.45, 7) is 0.476. The molecule has 0 aliphatic rings. The lowest BCUT2D eigenvalue weighted by Gasteiger charge is -2.06. The van der Waals surface area contributed by atoms with Gasteiger partial charge in [0.2, 0.25) is 0 Å². The van der Waals surface area contributed by atoms with Crippen molar-refractivity contribution in [2.45, 2.75) is 11.3 Å². The molecule has 0 saturated carbocycles. The maximum absolute atomic E-state index is 11.8. The van der Waals surface area contributed by atoms with Gasteiger partial charge in [-0.3, -0.25) is 4.57 Å². The van der Waals surface area contributed by atoms with Crippen molar-refractivity contribution >= 4 is 17.4 Å². The van der Waals surface area contributed by atoms with Gasteiger partial charge >= 0.3 is 7.60 Å². The van der Waals surface area contributed by atoms with Crippen LogP contribution in [0.2, 0.25) is 0 Å². The van der Waals surface area contributed by atoms with Crippen molar-refractivity contribution in [3.8, 4) is 0 Å². The van der Waals surface area contributed by atoms with Crippen molar-refractivity contribution in [3.05, 3.63) is 29.8 Å². The van der Waals surface area contributed by atoms with Gasteiger partial charge in [-0.15, -0.1) is 0 Å². The quantitative estimate of drug-likeness (QED) is 0.642.